The van der Waals surface area contributed by atoms with Gasteiger partial charge in [0.15, 0.2) is 11.5 Å². The summed E-state index contributed by atoms with van der Waals surface area (Å²) in [6.45, 7) is 4.05. The predicted molar refractivity (Wildman–Crippen MR) is 109 cm³/mol. The molecule has 27 heavy (non-hydrogen) atoms. The van der Waals surface area contributed by atoms with Gasteiger partial charge in [0.2, 0.25) is 0 Å². The smallest absolute Gasteiger partial charge is 0.283 e. The summed E-state index contributed by atoms with van der Waals surface area (Å²) in [6.07, 6.45) is 8.45. The van der Waals surface area contributed by atoms with Crippen molar-refractivity contribution in [2.75, 3.05) is 7.11 Å². The summed E-state index contributed by atoms with van der Waals surface area (Å²) in [5.41, 5.74) is 3.91. The number of aromatic nitrogens is 1. The molecular formula is C20H27N3O3S. The number of nitrogens with zero attached hydrogens (tertiary/aromatic N) is 2. The molecule has 0 aliphatic rings. The Morgan fingerprint density at radius 1 is 1.33 bits per heavy atom. The summed E-state index contributed by atoms with van der Waals surface area (Å²) in [5.74, 6) is 0.143. The van der Waals surface area contributed by atoms with Crippen molar-refractivity contribution in [1.29, 1.82) is 0 Å². The fourth-order valence-electron chi connectivity index (χ4n) is 2.65. The Morgan fingerprint density at radius 2 is 2.11 bits per heavy atom. The molecule has 0 unspecified atom stereocenters. The third kappa shape index (κ3) is 6.36. The number of nitrogens with one attached hydrogen (secondary N) is 1. The summed E-state index contributed by atoms with van der Waals surface area (Å²) in [6, 6.07) is 4.89. The zero-order valence-corrected chi connectivity index (χ0v) is 16.9. The van der Waals surface area contributed by atoms with E-state index >= 15 is 0 Å². The van der Waals surface area contributed by atoms with Crippen LogP contribution >= 0.6 is 11.3 Å². The number of amides is 1. The van der Waals surface area contributed by atoms with Crippen molar-refractivity contribution in [2.45, 2.75) is 52.4 Å². The van der Waals surface area contributed by atoms with Crippen LogP contribution in [0.1, 0.15) is 65.0 Å². The van der Waals surface area contributed by atoms with Crippen LogP contribution in [0.3, 0.4) is 0 Å². The first kappa shape index (κ1) is 20.9. The number of aromatic hydroxyl groups is 1. The second kappa shape index (κ2) is 10.7. The summed E-state index contributed by atoms with van der Waals surface area (Å²) in [5, 5.41) is 14.7. The number of carbonyl (C=O) groups is 1. The highest BCUT2D eigenvalue weighted by atomic mass is 32.1. The molecule has 7 heteroatoms. The first-order valence-electron chi connectivity index (χ1n) is 9.21. The van der Waals surface area contributed by atoms with Gasteiger partial charge in [0.05, 0.1) is 24.0 Å². The highest BCUT2D eigenvalue weighted by Gasteiger charge is 2.14. The van der Waals surface area contributed by atoms with Gasteiger partial charge in [0.25, 0.3) is 5.91 Å². The zero-order chi connectivity index (χ0) is 19.6. The topological polar surface area (TPSA) is 83.8 Å². The second-order valence-electron chi connectivity index (χ2n) is 6.32. The molecule has 0 bridgehead atoms. The van der Waals surface area contributed by atoms with Crippen molar-refractivity contribution in [1.82, 2.24) is 10.4 Å². The van der Waals surface area contributed by atoms with E-state index < -0.39 is 0 Å². The van der Waals surface area contributed by atoms with Gasteiger partial charge in [-0.2, -0.15) is 5.10 Å². The zero-order valence-electron chi connectivity index (χ0n) is 16.1. The lowest BCUT2D eigenvalue weighted by atomic mass is 10.1. The van der Waals surface area contributed by atoms with E-state index in [-0.39, 0.29) is 11.7 Å². The molecule has 1 aromatic carbocycles. The number of ether oxygens (including phenoxy) is 1. The van der Waals surface area contributed by atoms with E-state index in [2.05, 4.69) is 22.4 Å². The molecule has 0 spiro atoms. The highest BCUT2D eigenvalue weighted by molar-refractivity contribution is 7.13. The number of phenols is 1. The molecular weight excluding hydrogens is 362 g/mol. The number of carbonyl (C=O) groups excluding carboxylic acids is 1. The fraction of sp³-hybridized carbons (Fsp3) is 0.450. The molecule has 0 saturated carbocycles. The SMILES string of the molecule is CCCCCCCc1nc(C)c(C(=O)N/N=C/c2ccc(OC)c(O)c2)s1. The van der Waals surface area contributed by atoms with Crippen molar-refractivity contribution >= 4 is 23.5 Å². The van der Waals surface area contributed by atoms with Crippen molar-refractivity contribution in [3.8, 4) is 11.5 Å². The molecule has 1 aromatic heterocycles. The Hall–Kier alpha value is -2.41. The third-order valence-electron chi connectivity index (χ3n) is 4.12. The van der Waals surface area contributed by atoms with Crippen molar-refractivity contribution in [2.24, 2.45) is 5.10 Å². The van der Waals surface area contributed by atoms with Gasteiger partial charge in [-0.25, -0.2) is 10.4 Å². The Labute approximate surface area is 164 Å². The van der Waals surface area contributed by atoms with E-state index in [0.29, 0.717) is 16.2 Å². The summed E-state index contributed by atoms with van der Waals surface area (Å²) in [4.78, 5) is 17.4. The average Bonchev–Trinajstić information content (AvgIpc) is 3.02. The quantitative estimate of drug-likeness (QED) is 0.357. The maximum absolute atomic E-state index is 12.3. The molecule has 2 aromatic rings. The van der Waals surface area contributed by atoms with Crippen LogP contribution < -0.4 is 10.2 Å². The van der Waals surface area contributed by atoms with E-state index in [4.69, 9.17) is 4.74 Å². The number of methoxy groups -OCH3 is 1. The Bertz CT molecular complexity index is 787. The molecule has 0 fully saturated rings. The molecule has 1 amide bonds. The number of rotatable bonds is 10. The predicted octanol–water partition coefficient (Wildman–Crippen LogP) is 4.44. The summed E-state index contributed by atoms with van der Waals surface area (Å²) >= 11 is 1.43. The van der Waals surface area contributed by atoms with E-state index in [1.807, 2.05) is 6.92 Å². The van der Waals surface area contributed by atoms with Gasteiger partial charge in [0.1, 0.15) is 4.88 Å². The van der Waals surface area contributed by atoms with E-state index in [9.17, 15) is 9.90 Å². The van der Waals surface area contributed by atoms with Crippen LogP contribution in [-0.4, -0.2) is 29.3 Å². The monoisotopic (exact) mass is 389 g/mol. The van der Waals surface area contributed by atoms with Crippen LogP contribution in [-0.2, 0) is 6.42 Å². The van der Waals surface area contributed by atoms with Crippen molar-refractivity contribution < 1.29 is 14.6 Å². The largest absolute Gasteiger partial charge is 0.504 e. The Morgan fingerprint density at radius 3 is 2.81 bits per heavy atom. The number of benzene rings is 1. The molecule has 0 saturated heterocycles. The maximum Gasteiger partial charge on any atom is 0.283 e. The number of hydrogen-bond acceptors (Lipinski definition) is 6. The minimum absolute atomic E-state index is 0.0228. The molecule has 2 rings (SSSR count). The number of unbranched alkanes of at least 4 members (excludes halogenated alkanes) is 4. The molecule has 0 radical (unpaired) electrons. The van der Waals surface area contributed by atoms with Crippen LogP contribution in [0.4, 0.5) is 0 Å². The van der Waals surface area contributed by atoms with Gasteiger partial charge in [-0.05, 0) is 43.5 Å². The molecule has 0 aliphatic carbocycles. The van der Waals surface area contributed by atoms with Crippen LogP contribution in [0, 0.1) is 6.92 Å². The van der Waals surface area contributed by atoms with Crippen LogP contribution in [0.2, 0.25) is 0 Å². The molecule has 2 N–H and O–H groups in total. The second-order valence-corrected chi connectivity index (χ2v) is 7.40. The van der Waals surface area contributed by atoms with Crippen molar-refractivity contribution in [3.05, 3.63) is 39.3 Å². The van der Waals surface area contributed by atoms with E-state index in [0.717, 1.165) is 23.5 Å². The van der Waals surface area contributed by atoms with Gasteiger partial charge in [-0.15, -0.1) is 11.3 Å². The first-order chi connectivity index (χ1) is 13.0. The van der Waals surface area contributed by atoms with Gasteiger partial charge in [0, 0.05) is 0 Å². The lowest BCUT2D eigenvalue weighted by Crippen LogP contribution is -2.17. The molecule has 0 aliphatic heterocycles. The van der Waals surface area contributed by atoms with Crippen LogP contribution in [0.5, 0.6) is 11.5 Å². The van der Waals surface area contributed by atoms with Gasteiger partial charge < -0.3 is 9.84 Å². The van der Waals surface area contributed by atoms with Gasteiger partial charge in [-0.1, -0.05) is 32.6 Å². The molecule has 0 atom stereocenters. The first-order valence-corrected chi connectivity index (χ1v) is 10.0. The summed E-state index contributed by atoms with van der Waals surface area (Å²) in [7, 11) is 1.49. The van der Waals surface area contributed by atoms with Crippen LogP contribution in [0.15, 0.2) is 23.3 Å². The number of thiazole rings is 1. The minimum atomic E-state index is -0.267. The molecule has 1 heterocycles. The number of hydrogen-bond donors (Lipinski definition) is 2. The lowest BCUT2D eigenvalue weighted by Gasteiger charge is -2.03. The Kier molecular flexibility index (Phi) is 8.26. The summed E-state index contributed by atoms with van der Waals surface area (Å²) < 4.78 is 4.99. The van der Waals surface area contributed by atoms with Crippen LogP contribution in [0.25, 0.3) is 0 Å². The van der Waals surface area contributed by atoms with Crippen molar-refractivity contribution in [3.63, 3.8) is 0 Å². The van der Waals surface area contributed by atoms with Gasteiger partial charge >= 0.3 is 0 Å². The maximum atomic E-state index is 12.3. The molecule has 6 nitrogen and oxygen atoms in total. The third-order valence-corrected chi connectivity index (χ3v) is 5.34. The average molecular weight is 390 g/mol. The highest BCUT2D eigenvalue weighted by Crippen LogP contribution is 2.25. The fourth-order valence-corrected chi connectivity index (χ4v) is 3.65. The number of aryl methyl sites for hydroxylation is 2. The Balaban J connectivity index is 1.89. The number of phenolic OH excluding ortho intramolecular Hbond substituents is 1. The lowest BCUT2D eigenvalue weighted by molar-refractivity contribution is 0.0958. The standard InChI is InChI=1S/C20H27N3O3S/c1-4-5-6-7-8-9-18-22-14(2)19(27-18)20(25)23-21-13-15-10-11-17(26-3)16(24)12-15/h10-13,24H,4-9H2,1-3H3,(H,23,25)/b21-13+. The van der Waals surface area contributed by atoms with E-state index in [1.165, 1.54) is 56.4 Å². The minimum Gasteiger partial charge on any atom is -0.504 e. The van der Waals surface area contributed by atoms with E-state index in [1.54, 1.807) is 12.1 Å². The normalized spacial score (nSPS) is 11.1. The van der Waals surface area contributed by atoms with Gasteiger partial charge in [-0.3, -0.25) is 4.79 Å². The number of hydrazone groups is 1. The molecule has 146 valence electrons.